The number of hydrogen-bond acceptors (Lipinski definition) is 3. The second-order valence-corrected chi connectivity index (χ2v) is 5.95. The first-order chi connectivity index (χ1) is 7.50. The first kappa shape index (κ1) is 12.3. The maximum absolute atomic E-state index is 5.85. The molecule has 3 heteroatoms. The van der Waals surface area contributed by atoms with Gasteiger partial charge in [0.15, 0.2) is 0 Å². The van der Waals surface area contributed by atoms with Crippen molar-refractivity contribution >= 4 is 0 Å². The first-order valence-corrected chi connectivity index (χ1v) is 6.47. The van der Waals surface area contributed by atoms with Crippen molar-refractivity contribution in [3.05, 3.63) is 0 Å². The molecule has 94 valence electrons. The average Bonchev–Trinajstić information content (AvgIpc) is 2.78. The van der Waals surface area contributed by atoms with E-state index in [9.17, 15) is 0 Å². The molecule has 2 fully saturated rings. The van der Waals surface area contributed by atoms with Gasteiger partial charge >= 0.3 is 0 Å². The lowest BCUT2D eigenvalue weighted by atomic mass is 9.93. The van der Waals surface area contributed by atoms with Crippen molar-refractivity contribution in [2.45, 2.75) is 76.3 Å². The van der Waals surface area contributed by atoms with Crippen molar-refractivity contribution in [1.29, 1.82) is 0 Å². The highest BCUT2D eigenvalue weighted by Gasteiger charge is 2.41. The Morgan fingerprint density at radius 1 is 1.44 bits per heavy atom. The molecule has 2 saturated heterocycles. The van der Waals surface area contributed by atoms with Crippen molar-refractivity contribution in [3.8, 4) is 0 Å². The predicted octanol–water partition coefficient (Wildman–Crippen LogP) is 2.10. The molecule has 1 N–H and O–H groups in total. The molecule has 0 aromatic carbocycles. The van der Waals surface area contributed by atoms with Crippen LogP contribution < -0.4 is 5.32 Å². The summed E-state index contributed by atoms with van der Waals surface area (Å²) in [6.45, 7) is 6.53. The van der Waals surface area contributed by atoms with Crippen molar-refractivity contribution in [2.24, 2.45) is 0 Å². The summed E-state index contributed by atoms with van der Waals surface area (Å²) < 4.78 is 11.3. The molecule has 2 rings (SSSR count). The zero-order valence-corrected chi connectivity index (χ0v) is 11.0. The molecule has 2 bridgehead atoms. The number of nitrogens with one attached hydrogen (secondary N) is 1. The molecule has 16 heavy (non-hydrogen) atoms. The van der Waals surface area contributed by atoms with Gasteiger partial charge in [0, 0.05) is 19.2 Å². The monoisotopic (exact) mass is 227 g/mol. The van der Waals surface area contributed by atoms with E-state index in [4.69, 9.17) is 9.47 Å². The molecule has 0 aliphatic carbocycles. The summed E-state index contributed by atoms with van der Waals surface area (Å²) in [5.74, 6) is 0. The summed E-state index contributed by atoms with van der Waals surface area (Å²) in [6, 6.07) is 1.06. The highest BCUT2D eigenvalue weighted by Crippen LogP contribution is 2.34. The van der Waals surface area contributed by atoms with Gasteiger partial charge in [-0.1, -0.05) is 0 Å². The van der Waals surface area contributed by atoms with Crippen LogP contribution >= 0.6 is 0 Å². The highest BCUT2D eigenvalue weighted by molar-refractivity contribution is 4.95. The Labute approximate surface area is 98.9 Å². The minimum atomic E-state index is -0.0368. The van der Waals surface area contributed by atoms with Crippen LogP contribution in [-0.4, -0.2) is 37.0 Å². The molecule has 0 amide bonds. The summed E-state index contributed by atoms with van der Waals surface area (Å²) in [5, 5.41) is 3.70. The van der Waals surface area contributed by atoms with Gasteiger partial charge in [0.25, 0.3) is 0 Å². The van der Waals surface area contributed by atoms with Crippen LogP contribution in [0.1, 0.15) is 46.5 Å². The zero-order chi connectivity index (χ0) is 11.8. The van der Waals surface area contributed by atoms with Gasteiger partial charge in [-0.05, 0) is 46.5 Å². The normalized spacial score (nSPS) is 35.6. The van der Waals surface area contributed by atoms with E-state index in [1.165, 1.54) is 19.3 Å². The van der Waals surface area contributed by atoms with Gasteiger partial charge in [-0.2, -0.15) is 0 Å². The second-order valence-electron chi connectivity index (χ2n) is 5.95. The quantitative estimate of drug-likeness (QED) is 0.780. The fourth-order valence-corrected chi connectivity index (χ4v) is 3.06. The third kappa shape index (κ3) is 2.76. The van der Waals surface area contributed by atoms with Crippen LogP contribution in [-0.2, 0) is 9.47 Å². The van der Waals surface area contributed by atoms with E-state index in [-0.39, 0.29) is 5.60 Å². The van der Waals surface area contributed by atoms with E-state index in [1.54, 1.807) is 7.11 Å². The highest BCUT2D eigenvalue weighted by atomic mass is 16.5. The molecule has 2 aliphatic rings. The maximum atomic E-state index is 5.85. The van der Waals surface area contributed by atoms with Crippen molar-refractivity contribution < 1.29 is 9.47 Å². The Kier molecular flexibility index (Phi) is 3.57. The van der Waals surface area contributed by atoms with Gasteiger partial charge in [-0.15, -0.1) is 0 Å². The lowest BCUT2D eigenvalue weighted by molar-refractivity contribution is 0.00662. The molecule has 3 nitrogen and oxygen atoms in total. The third-order valence-corrected chi connectivity index (χ3v) is 3.95. The van der Waals surface area contributed by atoms with Crippen LogP contribution in [0.15, 0.2) is 0 Å². The van der Waals surface area contributed by atoms with Crippen LogP contribution in [0.25, 0.3) is 0 Å². The van der Waals surface area contributed by atoms with E-state index in [1.807, 2.05) is 0 Å². The van der Waals surface area contributed by atoms with Crippen LogP contribution in [0.2, 0.25) is 0 Å². The number of ether oxygens (including phenoxy) is 2. The molecular weight excluding hydrogens is 202 g/mol. The first-order valence-electron chi connectivity index (χ1n) is 6.47. The van der Waals surface area contributed by atoms with Gasteiger partial charge in [-0.25, -0.2) is 0 Å². The third-order valence-electron chi connectivity index (χ3n) is 3.95. The Morgan fingerprint density at radius 3 is 2.69 bits per heavy atom. The van der Waals surface area contributed by atoms with Crippen molar-refractivity contribution in [2.75, 3.05) is 7.11 Å². The van der Waals surface area contributed by atoms with Crippen LogP contribution in [0.5, 0.6) is 0 Å². The molecule has 2 heterocycles. The number of rotatable bonds is 5. The molecule has 0 aromatic rings. The Morgan fingerprint density at radius 2 is 2.19 bits per heavy atom. The van der Waals surface area contributed by atoms with Crippen LogP contribution in [0.3, 0.4) is 0 Å². The maximum Gasteiger partial charge on any atom is 0.0733 e. The summed E-state index contributed by atoms with van der Waals surface area (Å²) in [4.78, 5) is 0. The van der Waals surface area contributed by atoms with Crippen molar-refractivity contribution in [3.63, 3.8) is 0 Å². The standard InChI is InChI=1S/C13H25NO2/c1-9(8-13(2,3)15-4)14-11-7-10-5-6-12(11)16-10/h9-12,14H,5-8H2,1-4H3. The fourth-order valence-electron chi connectivity index (χ4n) is 3.06. The molecule has 2 aliphatic heterocycles. The summed E-state index contributed by atoms with van der Waals surface area (Å²) in [5.41, 5.74) is -0.0368. The molecule has 4 unspecified atom stereocenters. The van der Waals surface area contributed by atoms with E-state index in [0.717, 1.165) is 6.42 Å². The van der Waals surface area contributed by atoms with Crippen LogP contribution in [0, 0.1) is 0 Å². The van der Waals surface area contributed by atoms with E-state index in [0.29, 0.717) is 24.3 Å². The molecule has 0 radical (unpaired) electrons. The molecule has 4 atom stereocenters. The molecule has 0 aromatic heterocycles. The topological polar surface area (TPSA) is 30.5 Å². The predicted molar refractivity (Wildman–Crippen MR) is 64.6 cm³/mol. The van der Waals surface area contributed by atoms with E-state index in [2.05, 4.69) is 26.1 Å². The van der Waals surface area contributed by atoms with Gasteiger partial charge in [-0.3, -0.25) is 0 Å². The fraction of sp³-hybridized carbons (Fsp3) is 1.00. The molecule has 0 saturated carbocycles. The number of methoxy groups -OCH3 is 1. The van der Waals surface area contributed by atoms with E-state index >= 15 is 0 Å². The number of hydrogen-bond donors (Lipinski definition) is 1. The summed E-state index contributed by atoms with van der Waals surface area (Å²) in [7, 11) is 1.79. The van der Waals surface area contributed by atoms with Gasteiger partial charge in [0.1, 0.15) is 0 Å². The average molecular weight is 227 g/mol. The summed E-state index contributed by atoms with van der Waals surface area (Å²) in [6.07, 6.45) is 5.74. The second kappa shape index (κ2) is 4.63. The minimum Gasteiger partial charge on any atom is -0.379 e. The molecule has 0 spiro atoms. The summed E-state index contributed by atoms with van der Waals surface area (Å²) >= 11 is 0. The Hall–Kier alpha value is -0.120. The van der Waals surface area contributed by atoms with Gasteiger partial charge < -0.3 is 14.8 Å². The Balaban J connectivity index is 1.77. The SMILES string of the molecule is COC(C)(C)CC(C)NC1CC2CCC1O2. The number of fused-ring (bicyclic) bond motifs is 2. The van der Waals surface area contributed by atoms with Gasteiger partial charge in [0.2, 0.25) is 0 Å². The van der Waals surface area contributed by atoms with Crippen molar-refractivity contribution in [1.82, 2.24) is 5.32 Å². The largest absolute Gasteiger partial charge is 0.379 e. The zero-order valence-electron chi connectivity index (χ0n) is 11.0. The van der Waals surface area contributed by atoms with E-state index < -0.39 is 0 Å². The Bertz CT molecular complexity index is 242. The molecular formula is C13H25NO2. The van der Waals surface area contributed by atoms with Gasteiger partial charge in [0.05, 0.1) is 17.8 Å². The smallest absolute Gasteiger partial charge is 0.0733 e. The van der Waals surface area contributed by atoms with Crippen LogP contribution in [0.4, 0.5) is 0 Å². The lowest BCUT2D eigenvalue weighted by Crippen LogP contribution is -2.45. The minimum absolute atomic E-state index is 0.0368. The lowest BCUT2D eigenvalue weighted by Gasteiger charge is -2.30.